The minimum atomic E-state index is -3.00. The monoisotopic (exact) mass is 557 g/mol. The summed E-state index contributed by atoms with van der Waals surface area (Å²) in [4.78, 5) is 16.1. The van der Waals surface area contributed by atoms with Crippen LogP contribution in [0.5, 0.6) is 5.75 Å². The van der Waals surface area contributed by atoms with Gasteiger partial charge in [-0.05, 0) is 96.9 Å². The molecule has 2 fully saturated rings. The number of para-hydroxylation sites is 1. The molecule has 7 heteroatoms. The quantitative estimate of drug-likeness (QED) is 0.214. The number of Topliss-reactive ketones (excluding diaryl/α,β-unsaturated/α-hetero) is 1. The number of methoxy groups -OCH3 is 1. The van der Waals surface area contributed by atoms with Crippen LogP contribution in [0.2, 0.25) is 0 Å². The Morgan fingerprint density at radius 2 is 1.90 bits per heavy atom. The van der Waals surface area contributed by atoms with Crippen molar-refractivity contribution < 1.29 is 22.8 Å². The number of benzene rings is 2. The standard InChI is InChI=1S/C34H38BF2NO3/c1-33(2)27-9-6-7-10-29(27)38(4)31(33)12-8-11-30(41-35(36)37)26-20-28-25-15-13-21-19-22(40-5)14-16-23(21)24(25)17-18-34(28,3)32(26)39/h6-12,14,16,19,24-25,28H,13,15,17-18,20H2,1-5H3/b11-8+,30-26-,31-12+. The van der Waals surface area contributed by atoms with Crippen LogP contribution in [0.4, 0.5) is 14.3 Å². The van der Waals surface area contributed by atoms with Crippen LogP contribution in [-0.2, 0) is 21.3 Å². The summed E-state index contributed by atoms with van der Waals surface area (Å²) in [5.74, 6) is 1.66. The van der Waals surface area contributed by atoms with Crippen molar-refractivity contribution in [3.8, 4) is 5.75 Å². The molecule has 1 aliphatic heterocycles. The van der Waals surface area contributed by atoms with Gasteiger partial charge in [0.2, 0.25) is 0 Å². The number of hydrogen-bond donors (Lipinski definition) is 0. The highest BCUT2D eigenvalue weighted by atomic mass is 19.2. The number of carbonyl (C=O) groups excluding carboxylic acids is 1. The Morgan fingerprint density at radius 3 is 2.63 bits per heavy atom. The number of anilines is 1. The number of carbonyl (C=O) groups is 1. The number of aryl methyl sites for hydroxylation is 1. The van der Waals surface area contributed by atoms with E-state index in [1.807, 2.05) is 38.2 Å². The highest BCUT2D eigenvalue weighted by Crippen LogP contribution is 2.61. The van der Waals surface area contributed by atoms with E-state index in [4.69, 9.17) is 9.39 Å². The van der Waals surface area contributed by atoms with Crippen molar-refractivity contribution in [1.29, 1.82) is 0 Å². The van der Waals surface area contributed by atoms with E-state index in [0.717, 1.165) is 42.8 Å². The van der Waals surface area contributed by atoms with Gasteiger partial charge >= 0.3 is 7.47 Å². The van der Waals surface area contributed by atoms with E-state index in [2.05, 4.69) is 43.0 Å². The SMILES string of the molecule is COc1ccc2c(c1)CCC1C2CCC2(C)C(=O)/C(=C(/C=C/C=C3/N(C)c4ccccc4C3(C)C)OB(F)F)CC12. The lowest BCUT2D eigenvalue weighted by molar-refractivity contribution is -0.127. The van der Waals surface area contributed by atoms with Crippen molar-refractivity contribution >= 4 is 18.9 Å². The molecule has 6 rings (SSSR count). The lowest BCUT2D eigenvalue weighted by atomic mass is 9.55. The average Bonchev–Trinajstić information content (AvgIpc) is 3.34. The molecule has 4 atom stereocenters. The third kappa shape index (κ3) is 4.43. The Kier molecular flexibility index (Phi) is 6.90. The number of rotatable bonds is 5. The van der Waals surface area contributed by atoms with Gasteiger partial charge in [0.15, 0.2) is 5.78 Å². The van der Waals surface area contributed by atoms with Crippen molar-refractivity contribution in [3.63, 3.8) is 0 Å². The predicted molar refractivity (Wildman–Crippen MR) is 159 cm³/mol. The van der Waals surface area contributed by atoms with Crippen LogP contribution in [0.15, 0.2) is 77.7 Å². The molecule has 2 saturated carbocycles. The molecule has 2 aromatic rings. The lowest BCUT2D eigenvalue weighted by Crippen LogP contribution is -2.42. The molecule has 3 aliphatic carbocycles. The van der Waals surface area contributed by atoms with Gasteiger partial charge in [0.25, 0.3) is 0 Å². The Balaban J connectivity index is 1.32. The number of nitrogens with zero attached hydrogens (tertiary/aromatic N) is 1. The molecule has 0 spiro atoms. The molecular weight excluding hydrogens is 519 g/mol. The summed E-state index contributed by atoms with van der Waals surface area (Å²) in [6, 6.07) is 14.6. The Labute approximate surface area is 242 Å². The van der Waals surface area contributed by atoms with Crippen molar-refractivity contribution in [1.82, 2.24) is 0 Å². The first-order valence-corrected chi connectivity index (χ1v) is 14.7. The van der Waals surface area contributed by atoms with E-state index in [1.54, 1.807) is 19.3 Å². The smallest absolute Gasteiger partial charge is 0.505 e. The third-order valence-corrected chi connectivity index (χ3v) is 10.5. The van der Waals surface area contributed by atoms with E-state index in [1.165, 1.54) is 16.7 Å². The van der Waals surface area contributed by atoms with Crippen molar-refractivity contribution in [3.05, 3.63) is 94.4 Å². The molecule has 2 aromatic carbocycles. The average molecular weight is 557 g/mol. The zero-order valence-electron chi connectivity index (χ0n) is 24.5. The van der Waals surface area contributed by atoms with Crippen LogP contribution in [-0.4, -0.2) is 27.4 Å². The summed E-state index contributed by atoms with van der Waals surface area (Å²) in [6.45, 7) is 6.36. The number of hydrogen-bond acceptors (Lipinski definition) is 4. The number of ether oxygens (including phenoxy) is 1. The summed E-state index contributed by atoms with van der Waals surface area (Å²) in [6.07, 6.45) is 9.35. The summed E-state index contributed by atoms with van der Waals surface area (Å²) in [7, 11) is 0.702. The first kappa shape index (κ1) is 27.8. The zero-order valence-corrected chi connectivity index (χ0v) is 24.5. The molecule has 0 bridgehead atoms. The normalized spacial score (nSPS) is 30.1. The molecule has 1 heterocycles. The van der Waals surface area contributed by atoms with E-state index < -0.39 is 12.9 Å². The number of likely N-dealkylation sites (N-methyl/N-ethyl adjacent to an activating group) is 1. The number of ketones is 1. The topological polar surface area (TPSA) is 38.8 Å². The van der Waals surface area contributed by atoms with Gasteiger partial charge < -0.3 is 14.3 Å². The summed E-state index contributed by atoms with van der Waals surface area (Å²) in [5.41, 5.74) is 5.70. The minimum Gasteiger partial charge on any atom is -0.505 e. The van der Waals surface area contributed by atoms with E-state index >= 15 is 0 Å². The molecular formula is C34H38BF2NO3. The molecule has 41 heavy (non-hydrogen) atoms. The molecule has 4 nitrogen and oxygen atoms in total. The van der Waals surface area contributed by atoms with Crippen LogP contribution >= 0.6 is 0 Å². The minimum absolute atomic E-state index is 0.00550. The molecule has 0 aromatic heterocycles. The number of fused-ring (bicyclic) bond motifs is 6. The second kappa shape index (κ2) is 10.2. The van der Waals surface area contributed by atoms with Gasteiger partial charge in [-0.2, -0.15) is 0 Å². The Bertz CT molecular complexity index is 1480. The fourth-order valence-corrected chi connectivity index (χ4v) is 8.37. The first-order valence-electron chi connectivity index (χ1n) is 14.7. The molecule has 4 aliphatic rings. The second-order valence-corrected chi connectivity index (χ2v) is 12.8. The predicted octanol–water partition coefficient (Wildman–Crippen LogP) is 7.79. The van der Waals surface area contributed by atoms with Crippen molar-refractivity contribution in [2.45, 2.75) is 64.2 Å². The maximum Gasteiger partial charge on any atom is 0.796 e. The van der Waals surface area contributed by atoms with Gasteiger partial charge in [0.1, 0.15) is 11.5 Å². The van der Waals surface area contributed by atoms with E-state index in [9.17, 15) is 13.4 Å². The van der Waals surface area contributed by atoms with Crippen LogP contribution in [0, 0.1) is 17.3 Å². The van der Waals surface area contributed by atoms with Crippen LogP contribution in [0.3, 0.4) is 0 Å². The third-order valence-electron chi connectivity index (χ3n) is 10.5. The van der Waals surface area contributed by atoms with Crippen LogP contribution in [0.25, 0.3) is 0 Å². The Morgan fingerprint density at radius 1 is 1.12 bits per heavy atom. The molecule has 214 valence electrons. The highest BCUT2D eigenvalue weighted by Gasteiger charge is 2.57. The number of halogens is 2. The fourth-order valence-electron chi connectivity index (χ4n) is 8.37. The second-order valence-electron chi connectivity index (χ2n) is 12.8. The summed E-state index contributed by atoms with van der Waals surface area (Å²) < 4.78 is 37.9. The van der Waals surface area contributed by atoms with Gasteiger partial charge in [-0.3, -0.25) is 4.79 Å². The molecule has 0 amide bonds. The molecule has 0 N–H and O–H groups in total. The molecule has 0 radical (unpaired) electrons. The number of allylic oxidation sites excluding steroid dienone is 5. The van der Waals surface area contributed by atoms with Gasteiger partial charge in [-0.25, -0.2) is 8.63 Å². The summed E-state index contributed by atoms with van der Waals surface area (Å²) >= 11 is 0. The molecule has 0 saturated heterocycles. The maximum atomic E-state index is 14.0. The van der Waals surface area contributed by atoms with E-state index in [0.29, 0.717) is 23.8 Å². The van der Waals surface area contributed by atoms with Gasteiger partial charge in [-0.15, -0.1) is 0 Å². The maximum absolute atomic E-state index is 14.0. The van der Waals surface area contributed by atoms with E-state index in [-0.39, 0.29) is 22.9 Å². The van der Waals surface area contributed by atoms with Gasteiger partial charge in [0.05, 0.1) is 7.11 Å². The summed E-state index contributed by atoms with van der Waals surface area (Å²) in [5, 5.41) is 0. The van der Waals surface area contributed by atoms with Crippen molar-refractivity contribution in [2.24, 2.45) is 17.3 Å². The van der Waals surface area contributed by atoms with Gasteiger partial charge in [0, 0.05) is 34.8 Å². The Hall–Kier alpha value is -3.35. The van der Waals surface area contributed by atoms with Crippen LogP contribution < -0.4 is 9.64 Å². The van der Waals surface area contributed by atoms with Crippen molar-refractivity contribution in [2.75, 3.05) is 19.1 Å². The highest BCUT2D eigenvalue weighted by molar-refractivity contribution is 6.35. The van der Waals surface area contributed by atoms with Gasteiger partial charge in [-0.1, -0.05) is 51.1 Å². The fraction of sp³-hybridized carbons (Fsp3) is 0.441. The lowest BCUT2D eigenvalue weighted by Gasteiger charge is -2.48. The molecule has 4 unspecified atom stereocenters. The van der Waals surface area contributed by atoms with Crippen LogP contribution in [0.1, 0.15) is 69.1 Å². The largest absolute Gasteiger partial charge is 0.796 e. The zero-order chi connectivity index (χ0) is 29.1. The first-order chi connectivity index (χ1) is 19.6.